The highest BCUT2D eigenvalue weighted by molar-refractivity contribution is 6.20. The number of nitrogens with zero attached hydrogens (tertiary/aromatic N) is 3. The number of likely N-dealkylation sites (N-methyl/N-ethyl adjacent to an activating group) is 1. The van der Waals surface area contributed by atoms with Crippen LogP contribution in [0.3, 0.4) is 0 Å². The molecule has 1 aromatic carbocycles. The molecule has 1 aromatic rings. The molecule has 0 radical (unpaired) electrons. The van der Waals surface area contributed by atoms with Crippen molar-refractivity contribution < 1.29 is 9.59 Å². The van der Waals surface area contributed by atoms with E-state index in [1.165, 1.54) is 30.7 Å². The van der Waals surface area contributed by atoms with Gasteiger partial charge in [0.25, 0.3) is 5.91 Å². The van der Waals surface area contributed by atoms with Crippen molar-refractivity contribution in [2.24, 2.45) is 21.8 Å². The summed E-state index contributed by atoms with van der Waals surface area (Å²) in [6.07, 6.45) is 6.64. The van der Waals surface area contributed by atoms with Crippen molar-refractivity contribution in [2.45, 2.75) is 65.3 Å². The average molecular weight is 439 g/mol. The van der Waals surface area contributed by atoms with Gasteiger partial charge in [0.05, 0.1) is 11.1 Å². The zero-order valence-electron chi connectivity index (χ0n) is 20.1. The van der Waals surface area contributed by atoms with Crippen molar-refractivity contribution in [1.29, 1.82) is 0 Å². The third-order valence-corrected chi connectivity index (χ3v) is 8.03. The molecule has 174 valence electrons. The summed E-state index contributed by atoms with van der Waals surface area (Å²) in [4.78, 5) is 28.2. The smallest absolute Gasteiger partial charge is 0.255 e. The normalized spacial score (nSPS) is 26.3. The Morgan fingerprint density at radius 2 is 1.72 bits per heavy atom. The predicted molar refractivity (Wildman–Crippen MR) is 127 cm³/mol. The quantitative estimate of drug-likeness (QED) is 0.780. The van der Waals surface area contributed by atoms with E-state index in [-0.39, 0.29) is 18.4 Å². The van der Waals surface area contributed by atoms with Crippen molar-refractivity contribution in [3.63, 3.8) is 0 Å². The second-order valence-corrected chi connectivity index (χ2v) is 10.8. The van der Waals surface area contributed by atoms with Crippen LogP contribution in [0.1, 0.15) is 64.9 Å². The van der Waals surface area contributed by atoms with Gasteiger partial charge >= 0.3 is 0 Å². The molecule has 1 spiro atoms. The van der Waals surface area contributed by atoms with Crippen LogP contribution in [-0.2, 0) is 9.59 Å². The van der Waals surface area contributed by atoms with Crippen LogP contribution in [0.4, 0.5) is 0 Å². The molecule has 2 aliphatic heterocycles. The van der Waals surface area contributed by atoms with Gasteiger partial charge in [0, 0.05) is 13.1 Å². The molecular formula is C26H38N4O2. The lowest BCUT2D eigenvalue weighted by molar-refractivity contribution is -0.141. The molecule has 2 fully saturated rings. The molecular weight excluding hydrogens is 400 g/mol. The Kier molecular flexibility index (Phi) is 6.44. The van der Waals surface area contributed by atoms with Crippen molar-refractivity contribution in [2.75, 3.05) is 26.7 Å². The summed E-state index contributed by atoms with van der Waals surface area (Å²) >= 11 is 0. The number of hydrogen-bond acceptors (Lipinski definition) is 4. The highest BCUT2D eigenvalue weighted by Crippen LogP contribution is 2.44. The van der Waals surface area contributed by atoms with Crippen molar-refractivity contribution in [3.05, 3.63) is 35.9 Å². The third kappa shape index (κ3) is 4.34. The predicted octanol–water partition coefficient (Wildman–Crippen LogP) is 3.67. The van der Waals surface area contributed by atoms with Gasteiger partial charge in [-0.1, -0.05) is 51.1 Å². The molecule has 6 heteroatoms. The molecule has 0 atom stereocenters. The van der Waals surface area contributed by atoms with E-state index in [1.807, 2.05) is 30.3 Å². The van der Waals surface area contributed by atoms with E-state index in [4.69, 9.17) is 5.10 Å². The average Bonchev–Trinajstić information content (AvgIpc) is 3.05. The first-order valence-corrected chi connectivity index (χ1v) is 12.2. The Morgan fingerprint density at radius 3 is 2.28 bits per heavy atom. The Labute approximate surface area is 192 Å². The van der Waals surface area contributed by atoms with Crippen LogP contribution >= 0.6 is 0 Å². The summed E-state index contributed by atoms with van der Waals surface area (Å²) in [5.74, 6) is 0.594. The minimum Gasteiger partial charge on any atom is -0.358 e. The van der Waals surface area contributed by atoms with E-state index < -0.39 is 5.41 Å². The van der Waals surface area contributed by atoms with Gasteiger partial charge in [-0.2, -0.15) is 5.10 Å². The third-order valence-electron chi connectivity index (χ3n) is 8.03. The van der Waals surface area contributed by atoms with Gasteiger partial charge in [0.1, 0.15) is 6.54 Å². The number of amides is 2. The lowest BCUT2D eigenvalue weighted by Gasteiger charge is -2.45. The molecule has 1 N–H and O–H groups in total. The summed E-state index contributed by atoms with van der Waals surface area (Å²) in [5, 5.41) is 8.71. The van der Waals surface area contributed by atoms with E-state index in [0.29, 0.717) is 11.5 Å². The maximum Gasteiger partial charge on any atom is 0.255 e. The Bertz CT molecular complexity index is 858. The van der Waals surface area contributed by atoms with Crippen LogP contribution < -0.4 is 5.32 Å². The molecule has 1 saturated heterocycles. The number of carbonyl (C=O) groups is 2. The molecule has 0 unspecified atom stereocenters. The minimum atomic E-state index is -0.617. The first kappa shape index (κ1) is 23.0. The number of rotatable bonds is 4. The summed E-state index contributed by atoms with van der Waals surface area (Å²) in [7, 11) is 1.59. The van der Waals surface area contributed by atoms with E-state index in [2.05, 4.69) is 31.0 Å². The molecule has 6 nitrogen and oxygen atoms in total. The van der Waals surface area contributed by atoms with Gasteiger partial charge in [-0.25, -0.2) is 5.01 Å². The maximum absolute atomic E-state index is 13.6. The summed E-state index contributed by atoms with van der Waals surface area (Å²) in [6.45, 7) is 8.90. The number of benzene rings is 1. The summed E-state index contributed by atoms with van der Waals surface area (Å²) in [5.41, 5.74) is 1.60. The lowest BCUT2D eigenvalue weighted by atomic mass is 9.69. The zero-order valence-corrected chi connectivity index (χ0v) is 20.1. The molecule has 2 amide bonds. The number of hydrazone groups is 1. The standard InChI is InChI=1S/C26H38N4O2/c1-25(2,3)20-10-12-21(13-11-20)29-16-14-26(15-17-29)23(19-8-6-5-7-9-19)28-30(24(26)32)18-22(31)27-4/h5-9,20-21H,10-18H2,1-4H3,(H,27,31). The zero-order chi connectivity index (χ0) is 22.9. The largest absolute Gasteiger partial charge is 0.358 e. The molecule has 4 rings (SSSR count). The monoisotopic (exact) mass is 438 g/mol. The van der Waals surface area contributed by atoms with Gasteiger partial charge in [-0.05, 0) is 68.5 Å². The number of hydrogen-bond donors (Lipinski definition) is 1. The Hall–Kier alpha value is -2.21. The van der Waals surface area contributed by atoms with Crippen molar-refractivity contribution in [1.82, 2.24) is 15.2 Å². The van der Waals surface area contributed by atoms with Crippen LogP contribution in [0.25, 0.3) is 0 Å². The van der Waals surface area contributed by atoms with Crippen LogP contribution in [0.5, 0.6) is 0 Å². The van der Waals surface area contributed by atoms with Gasteiger partial charge < -0.3 is 10.2 Å². The molecule has 0 bridgehead atoms. The van der Waals surface area contributed by atoms with E-state index in [9.17, 15) is 9.59 Å². The van der Waals surface area contributed by atoms with Crippen LogP contribution in [0, 0.1) is 16.7 Å². The fourth-order valence-corrected chi connectivity index (χ4v) is 5.89. The number of likely N-dealkylation sites (tertiary alicyclic amines) is 1. The minimum absolute atomic E-state index is 0.0176. The van der Waals surface area contributed by atoms with Crippen molar-refractivity contribution >= 4 is 17.5 Å². The highest BCUT2D eigenvalue weighted by Gasteiger charge is 2.53. The summed E-state index contributed by atoms with van der Waals surface area (Å²) < 4.78 is 0. The van der Waals surface area contributed by atoms with Gasteiger partial charge in [0.2, 0.25) is 5.91 Å². The van der Waals surface area contributed by atoms with Gasteiger partial charge in [-0.15, -0.1) is 0 Å². The van der Waals surface area contributed by atoms with Crippen LogP contribution in [-0.4, -0.2) is 60.2 Å². The molecule has 1 aliphatic carbocycles. The van der Waals surface area contributed by atoms with Crippen molar-refractivity contribution in [3.8, 4) is 0 Å². The van der Waals surface area contributed by atoms with E-state index >= 15 is 0 Å². The molecule has 1 saturated carbocycles. The molecule has 0 aromatic heterocycles. The lowest BCUT2D eigenvalue weighted by Crippen LogP contribution is -2.52. The Morgan fingerprint density at radius 1 is 1.09 bits per heavy atom. The number of piperidine rings is 1. The van der Waals surface area contributed by atoms with Gasteiger partial charge in [-0.3, -0.25) is 9.59 Å². The molecule has 2 heterocycles. The van der Waals surface area contributed by atoms with E-state index in [0.717, 1.165) is 43.1 Å². The highest BCUT2D eigenvalue weighted by atomic mass is 16.2. The summed E-state index contributed by atoms with van der Waals surface area (Å²) in [6, 6.07) is 10.6. The Balaban J connectivity index is 1.49. The SMILES string of the molecule is CNC(=O)CN1N=C(c2ccccc2)C2(CCN(C3CCC(C(C)(C)C)CC3)CC2)C1=O. The molecule has 3 aliphatic rings. The fourth-order valence-electron chi connectivity index (χ4n) is 5.89. The fraction of sp³-hybridized carbons (Fsp3) is 0.654. The maximum atomic E-state index is 13.6. The second kappa shape index (κ2) is 8.97. The van der Waals surface area contributed by atoms with Crippen LogP contribution in [0.2, 0.25) is 0 Å². The topological polar surface area (TPSA) is 65.0 Å². The van der Waals surface area contributed by atoms with E-state index in [1.54, 1.807) is 7.05 Å². The van der Waals surface area contributed by atoms with Crippen LogP contribution in [0.15, 0.2) is 35.4 Å². The second-order valence-electron chi connectivity index (χ2n) is 10.8. The number of nitrogens with one attached hydrogen (secondary N) is 1. The number of carbonyl (C=O) groups excluding carboxylic acids is 2. The first-order chi connectivity index (χ1) is 15.2. The first-order valence-electron chi connectivity index (χ1n) is 12.2. The molecule has 32 heavy (non-hydrogen) atoms. The van der Waals surface area contributed by atoms with Gasteiger partial charge in [0.15, 0.2) is 0 Å².